The van der Waals surface area contributed by atoms with Gasteiger partial charge in [0.25, 0.3) is 0 Å². The fourth-order valence-corrected chi connectivity index (χ4v) is 2.11. The van der Waals surface area contributed by atoms with E-state index < -0.39 is 18.0 Å². The van der Waals surface area contributed by atoms with Crippen molar-refractivity contribution >= 4 is 5.71 Å². The van der Waals surface area contributed by atoms with Gasteiger partial charge in [-0.3, -0.25) is 5.01 Å². The molecule has 0 saturated heterocycles. The molecular weight excluding hydrogens is 260 g/mol. The number of halogens is 4. The lowest BCUT2D eigenvalue weighted by molar-refractivity contribution is -0.174. The lowest BCUT2D eigenvalue weighted by Crippen LogP contribution is -2.37. The molecule has 1 atom stereocenters. The Morgan fingerprint density at radius 3 is 2.32 bits per heavy atom. The second-order valence-electron chi connectivity index (χ2n) is 4.80. The van der Waals surface area contributed by atoms with Crippen LogP contribution >= 0.6 is 0 Å². The summed E-state index contributed by atoms with van der Waals surface area (Å²) < 4.78 is 52.1. The van der Waals surface area contributed by atoms with Crippen molar-refractivity contribution in [2.45, 2.75) is 32.5 Å². The van der Waals surface area contributed by atoms with Crippen LogP contribution in [0.3, 0.4) is 0 Å². The SMILES string of the molecule is Cc1cc(F)c(C2=NN(C)C(C(F)(F)F)C2)cc1C. The van der Waals surface area contributed by atoms with Crippen LogP contribution in [0.25, 0.3) is 0 Å². The van der Waals surface area contributed by atoms with Gasteiger partial charge < -0.3 is 0 Å². The van der Waals surface area contributed by atoms with E-state index in [-0.39, 0.29) is 17.7 Å². The van der Waals surface area contributed by atoms with Crippen molar-refractivity contribution in [3.63, 3.8) is 0 Å². The van der Waals surface area contributed by atoms with Crippen LogP contribution in [0, 0.1) is 19.7 Å². The second-order valence-corrected chi connectivity index (χ2v) is 4.80. The Morgan fingerprint density at radius 2 is 1.79 bits per heavy atom. The Balaban J connectivity index is 2.35. The summed E-state index contributed by atoms with van der Waals surface area (Å²) in [6.07, 6.45) is -4.68. The molecule has 1 heterocycles. The van der Waals surface area contributed by atoms with Gasteiger partial charge in [-0.15, -0.1) is 0 Å². The van der Waals surface area contributed by atoms with Crippen molar-refractivity contribution in [2.24, 2.45) is 5.10 Å². The third-order valence-corrected chi connectivity index (χ3v) is 3.39. The van der Waals surface area contributed by atoms with Crippen LogP contribution in [0.1, 0.15) is 23.1 Å². The molecule has 0 aromatic heterocycles. The molecule has 1 aromatic rings. The van der Waals surface area contributed by atoms with Crippen molar-refractivity contribution in [3.05, 3.63) is 34.6 Å². The first kappa shape index (κ1) is 13.8. The smallest absolute Gasteiger partial charge is 0.287 e. The van der Waals surface area contributed by atoms with Gasteiger partial charge in [-0.2, -0.15) is 18.3 Å². The van der Waals surface area contributed by atoms with Gasteiger partial charge in [0.1, 0.15) is 11.9 Å². The van der Waals surface area contributed by atoms with E-state index in [1.165, 1.54) is 13.1 Å². The fourth-order valence-electron chi connectivity index (χ4n) is 2.11. The van der Waals surface area contributed by atoms with E-state index in [0.29, 0.717) is 0 Å². The molecule has 0 saturated carbocycles. The molecule has 0 radical (unpaired) electrons. The largest absolute Gasteiger partial charge is 0.410 e. The van der Waals surface area contributed by atoms with Crippen LogP contribution in [0.5, 0.6) is 0 Å². The third kappa shape index (κ3) is 2.57. The Labute approximate surface area is 108 Å². The average molecular weight is 274 g/mol. The Bertz CT molecular complexity index is 534. The highest BCUT2D eigenvalue weighted by molar-refractivity contribution is 6.02. The normalized spacial score (nSPS) is 19.8. The van der Waals surface area contributed by atoms with E-state index >= 15 is 0 Å². The molecule has 0 amide bonds. The van der Waals surface area contributed by atoms with Crippen LogP contribution in [0.4, 0.5) is 17.6 Å². The summed E-state index contributed by atoms with van der Waals surface area (Å²) >= 11 is 0. The van der Waals surface area contributed by atoms with Crippen LogP contribution < -0.4 is 0 Å². The summed E-state index contributed by atoms with van der Waals surface area (Å²) in [7, 11) is 1.25. The Morgan fingerprint density at radius 1 is 1.21 bits per heavy atom. The van der Waals surface area contributed by atoms with Crippen molar-refractivity contribution in [3.8, 4) is 0 Å². The lowest BCUT2D eigenvalue weighted by Gasteiger charge is -2.21. The maximum atomic E-state index is 13.9. The number of nitrogens with zero attached hydrogens (tertiary/aromatic N) is 2. The highest BCUT2D eigenvalue weighted by Gasteiger charge is 2.46. The maximum Gasteiger partial charge on any atom is 0.410 e. The van der Waals surface area contributed by atoms with Crippen molar-refractivity contribution in [1.29, 1.82) is 0 Å². The van der Waals surface area contributed by atoms with Gasteiger partial charge in [0.05, 0.1) is 5.71 Å². The third-order valence-electron chi connectivity index (χ3n) is 3.39. The summed E-state index contributed by atoms with van der Waals surface area (Å²) in [5.41, 5.74) is 1.89. The van der Waals surface area contributed by atoms with Crippen molar-refractivity contribution in [1.82, 2.24) is 5.01 Å². The first-order valence-electron chi connectivity index (χ1n) is 5.84. The first-order chi connectivity index (χ1) is 8.70. The minimum absolute atomic E-state index is 0.144. The van der Waals surface area contributed by atoms with E-state index in [0.717, 1.165) is 16.1 Å². The first-order valence-corrected chi connectivity index (χ1v) is 5.84. The molecular formula is C13H14F4N2. The zero-order valence-electron chi connectivity index (χ0n) is 10.8. The summed E-state index contributed by atoms with van der Waals surface area (Å²) in [4.78, 5) is 0. The number of alkyl halides is 3. The lowest BCUT2D eigenvalue weighted by atomic mass is 9.99. The number of aryl methyl sites for hydroxylation is 2. The van der Waals surface area contributed by atoms with E-state index in [1.54, 1.807) is 19.9 Å². The quantitative estimate of drug-likeness (QED) is 0.716. The fraction of sp³-hybridized carbons (Fsp3) is 0.462. The number of hydrogen-bond acceptors (Lipinski definition) is 2. The monoisotopic (exact) mass is 274 g/mol. The molecule has 0 N–H and O–H groups in total. The molecule has 19 heavy (non-hydrogen) atoms. The number of benzene rings is 1. The van der Waals surface area contributed by atoms with Gasteiger partial charge in [0, 0.05) is 19.0 Å². The van der Waals surface area contributed by atoms with Gasteiger partial charge in [-0.1, -0.05) is 0 Å². The van der Waals surface area contributed by atoms with Crippen LogP contribution in [-0.4, -0.2) is 30.0 Å². The predicted molar refractivity (Wildman–Crippen MR) is 64.6 cm³/mol. The average Bonchev–Trinajstić information content (AvgIpc) is 2.65. The topological polar surface area (TPSA) is 15.6 Å². The van der Waals surface area contributed by atoms with E-state index in [9.17, 15) is 17.6 Å². The molecule has 1 unspecified atom stereocenters. The molecule has 6 heteroatoms. The molecule has 0 spiro atoms. The molecule has 0 fully saturated rings. The molecule has 1 aromatic carbocycles. The standard InChI is InChI=1S/C13H14F4N2/c1-7-4-9(10(14)5-8(7)2)11-6-12(13(15,16)17)19(3)18-11/h4-5,12H,6H2,1-3H3. The summed E-state index contributed by atoms with van der Waals surface area (Å²) in [5.74, 6) is -0.530. The summed E-state index contributed by atoms with van der Waals surface area (Å²) in [6.45, 7) is 3.54. The van der Waals surface area contributed by atoms with Gasteiger partial charge in [0.2, 0.25) is 0 Å². The predicted octanol–water partition coefficient (Wildman–Crippen LogP) is 3.41. The van der Waals surface area contributed by atoms with Crippen molar-refractivity contribution in [2.75, 3.05) is 7.05 Å². The van der Waals surface area contributed by atoms with E-state index in [1.807, 2.05) is 0 Å². The summed E-state index contributed by atoms with van der Waals surface area (Å²) in [6, 6.07) is 1.20. The highest BCUT2D eigenvalue weighted by Crippen LogP contribution is 2.32. The minimum atomic E-state index is -4.36. The van der Waals surface area contributed by atoms with E-state index in [4.69, 9.17) is 0 Å². The van der Waals surface area contributed by atoms with Crippen molar-refractivity contribution < 1.29 is 17.6 Å². The van der Waals surface area contributed by atoms with Crippen LogP contribution in [0.2, 0.25) is 0 Å². The van der Waals surface area contributed by atoms with Crippen LogP contribution in [-0.2, 0) is 0 Å². The highest BCUT2D eigenvalue weighted by atomic mass is 19.4. The van der Waals surface area contributed by atoms with Gasteiger partial charge >= 0.3 is 6.18 Å². The molecule has 2 nitrogen and oxygen atoms in total. The van der Waals surface area contributed by atoms with Gasteiger partial charge in [0.15, 0.2) is 0 Å². The zero-order valence-corrected chi connectivity index (χ0v) is 10.8. The van der Waals surface area contributed by atoms with Gasteiger partial charge in [-0.25, -0.2) is 4.39 Å². The zero-order chi connectivity index (χ0) is 14.4. The molecule has 104 valence electrons. The molecule has 1 aliphatic heterocycles. The summed E-state index contributed by atoms with van der Waals surface area (Å²) in [5, 5.41) is 4.68. The molecule has 1 aliphatic rings. The molecule has 0 bridgehead atoms. The number of hydrogen-bond donors (Lipinski definition) is 0. The number of hydrazone groups is 1. The second kappa shape index (κ2) is 4.51. The van der Waals surface area contributed by atoms with Crippen LogP contribution in [0.15, 0.2) is 17.2 Å². The molecule has 0 aliphatic carbocycles. The Kier molecular flexibility index (Phi) is 3.28. The number of rotatable bonds is 1. The van der Waals surface area contributed by atoms with E-state index in [2.05, 4.69) is 5.10 Å². The van der Waals surface area contributed by atoms with Gasteiger partial charge in [-0.05, 0) is 37.1 Å². The molecule has 2 rings (SSSR count). The minimum Gasteiger partial charge on any atom is -0.287 e. The Hall–Kier alpha value is -1.59. The maximum absolute atomic E-state index is 13.9.